The molecular formula is C22H23NO5. The van der Waals surface area contributed by atoms with Gasteiger partial charge in [0.1, 0.15) is 12.1 Å². The SMILES string of the molecule is CO[C@H]1CN(C(=O)OCC2c3ccccc3-c3ccccc32)[C@@](C)(C(=O)O)C1. The van der Waals surface area contributed by atoms with E-state index in [2.05, 4.69) is 12.1 Å². The number of ether oxygens (including phenoxy) is 2. The quantitative estimate of drug-likeness (QED) is 0.877. The number of carboxylic acid groups (broad SMARTS) is 1. The zero-order valence-corrected chi connectivity index (χ0v) is 15.9. The standard InChI is InChI=1S/C22H23NO5/c1-22(20(24)25)11-14(27-2)12-23(22)21(26)28-13-19-17-9-5-3-7-15(17)16-8-4-6-10-18(16)19/h3-10,14,19H,11-13H2,1-2H3,(H,24,25)/t14-,22-/m1/s1. The van der Waals surface area contributed by atoms with Crippen molar-refractivity contribution in [3.05, 3.63) is 59.7 Å². The van der Waals surface area contributed by atoms with Gasteiger partial charge in [0, 0.05) is 19.4 Å². The summed E-state index contributed by atoms with van der Waals surface area (Å²) in [6.07, 6.45) is -0.698. The van der Waals surface area contributed by atoms with Crippen molar-refractivity contribution >= 4 is 12.1 Å². The highest BCUT2D eigenvalue weighted by atomic mass is 16.6. The van der Waals surface area contributed by atoms with Crippen molar-refractivity contribution in [1.29, 1.82) is 0 Å². The Hall–Kier alpha value is -2.86. The van der Waals surface area contributed by atoms with Gasteiger partial charge in [-0.1, -0.05) is 48.5 Å². The summed E-state index contributed by atoms with van der Waals surface area (Å²) in [5, 5.41) is 9.64. The summed E-state index contributed by atoms with van der Waals surface area (Å²) in [5.41, 5.74) is 3.20. The minimum atomic E-state index is -1.33. The summed E-state index contributed by atoms with van der Waals surface area (Å²) in [7, 11) is 1.52. The van der Waals surface area contributed by atoms with E-state index < -0.39 is 17.6 Å². The Morgan fingerprint density at radius 3 is 2.21 bits per heavy atom. The summed E-state index contributed by atoms with van der Waals surface area (Å²) < 4.78 is 10.9. The monoisotopic (exact) mass is 381 g/mol. The number of hydrogen-bond acceptors (Lipinski definition) is 4. The van der Waals surface area contributed by atoms with Gasteiger partial charge in [-0.05, 0) is 29.2 Å². The van der Waals surface area contributed by atoms with Gasteiger partial charge >= 0.3 is 12.1 Å². The molecule has 1 aliphatic carbocycles. The Morgan fingerprint density at radius 2 is 1.68 bits per heavy atom. The molecule has 1 saturated heterocycles. The number of methoxy groups -OCH3 is 1. The minimum absolute atomic E-state index is 0.0618. The predicted octanol–water partition coefficient (Wildman–Crippen LogP) is 3.50. The van der Waals surface area contributed by atoms with Gasteiger partial charge in [-0.15, -0.1) is 0 Å². The molecule has 0 radical (unpaired) electrons. The van der Waals surface area contributed by atoms with Crippen LogP contribution in [-0.2, 0) is 14.3 Å². The summed E-state index contributed by atoms with van der Waals surface area (Å²) in [6, 6.07) is 16.2. The molecule has 1 heterocycles. The van der Waals surface area contributed by atoms with Crippen LogP contribution in [0.15, 0.2) is 48.5 Å². The lowest BCUT2D eigenvalue weighted by Crippen LogP contribution is -2.51. The summed E-state index contributed by atoms with van der Waals surface area (Å²) in [5.74, 6) is -1.12. The highest BCUT2D eigenvalue weighted by Gasteiger charge is 2.51. The first-order chi connectivity index (χ1) is 13.5. The number of rotatable bonds is 4. The van der Waals surface area contributed by atoms with Gasteiger partial charge in [0.05, 0.1) is 12.6 Å². The van der Waals surface area contributed by atoms with Gasteiger partial charge in [-0.3, -0.25) is 4.90 Å². The van der Waals surface area contributed by atoms with Crippen molar-refractivity contribution in [2.45, 2.75) is 30.9 Å². The number of carbonyl (C=O) groups is 2. The maximum atomic E-state index is 12.8. The first-order valence-electron chi connectivity index (χ1n) is 9.34. The van der Waals surface area contributed by atoms with Crippen LogP contribution in [0.25, 0.3) is 11.1 Å². The summed E-state index contributed by atoms with van der Waals surface area (Å²) in [4.78, 5) is 25.8. The predicted molar refractivity (Wildman–Crippen MR) is 103 cm³/mol. The second-order valence-corrected chi connectivity index (χ2v) is 7.56. The number of nitrogens with zero attached hydrogens (tertiary/aromatic N) is 1. The molecule has 1 N–H and O–H groups in total. The maximum absolute atomic E-state index is 12.8. The Kier molecular flexibility index (Phi) is 4.59. The van der Waals surface area contributed by atoms with Crippen molar-refractivity contribution in [3.63, 3.8) is 0 Å². The molecule has 2 atom stereocenters. The van der Waals surface area contributed by atoms with Crippen LogP contribution < -0.4 is 0 Å². The Labute approximate surface area is 163 Å². The molecule has 6 heteroatoms. The number of carboxylic acids is 1. The van der Waals surface area contributed by atoms with E-state index in [9.17, 15) is 14.7 Å². The van der Waals surface area contributed by atoms with E-state index in [0.29, 0.717) is 0 Å². The smallest absolute Gasteiger partial charge is 0.410 e. The number of fused-ring (bicyclic) bond motifs is 3. The highest BCUT2D eigenvalue weighted by Crippen LogP contribution is 2.44. The van der Waals surface area contributed by atoms with Crippen LogP contribution in [0.3, 0.4) is 0 Å². The minimum Gasteiger partial charge on any atom is -0.480 e. The molecule has 1 amide bonds. The van der Waals surface area contributed by atoms with E-state index in [0.717, 1.165) is 22.3 Å². The Bertz CT molecular complexity index is 881. The van der Waals surface area contributed by atoms with E-state index >= 15 is 0 Å². The Balaban J connectivity index is 1.55. The van der Waals surface area contributed by atoms with Gasteiger partial charge in [0.2, 0.25) is 0 Å². The first-order valence-corrected chi connectivity index (χ1v) is 9.34. The number of carbonyl (C=O) groups excluding carboxylic acids is 1. The van der Waals surface area contributed by atoms with Crippen LogP contribution in [0, 0.1) is 0 Å². The third kappa shape index (κ3) is 2.85. The molecule has 0 saturated carbocycles. The topological polar surface area (TPSA) is 76.1 Å². The van der Waals surface area contributed by atoms with Crippen LogP contribution >= 0.6 is 0 Å². The number of benzene rings is 2. The Morgan fingerprint density at radius 1 is 1.11 bits per heavy atom. The highest BCUT2D eigenvalue weighted by molar-refractivity contribution is 5.85. The van der Waals surface area contributed by atoms with E-state index in [-0.39, 0.29) is 31.6 Å². The van der Waals surface area contributed by atoms with Crippen LogP contribution in [0.4, 0.5) is 4.79 Å². The molecular weight excluding hydrogens is 358 g/mol. The number of aliphatic carboxylic acids is 1. The lowest BCUT2D eigenvalue weighted by molar-refractivity contribution is -0.147. The normalized spacial score (nSPS) is 23.4. The maximum Gasteiger partial charge on any atom is 0.410 e. The van der Waals surface area contributed by atoms with E-state index in [1.54, 1.807) is 0 Å². The fourth-order valence-corrected chi connectivity index (χ4v) is 4.33. The van der Waals surface area contributed by atoms with Gasteiger partial charge in [0.15, 0.2) is 0 Å². The number of likely N-dealkylation sites (tertiary alicyclic amines) is 1. The average Bonchev–Trinajstić information content (AvgIpc) is 3.22. The molecule has 0 bridgehead atoms. The molecule has 0 aromatic heterocycles. The molecule has 1 aliphatic heterocycles. The zero-order chi connectivity index (χ0) is 19.9. The molecule has 4 rings (SSSR count). The fourth-order valence-electron chi connectivity index (χ4n) is 4.33. The molecule has 28 heavy (non-hydrogen) atoms. The molecule has 2 aliphatic rings. The van der Waals surface area contributed by atoms with Crippen LogP contribution in [0.1, 0.15) is 30.4 Å². The summed E-state index contributed by atoms with van der Waals surface area (Å²) in [6.45, 7) is 1.91. The second-order valence-electron chi connectivity index (χ2n) is 7.56. The van der Waals surface area contributed by atoms with Gasteiger partial charge in [0.25, 0.3) is 0 Å². The van der Waals surface area contributed by atoms with Crippen molar-refractivity contribution < 1.29 is 24.2 Å². The largest absolute Gasteiger partial charge is 0.480 e. The first kappa shape index (κ1) is 18.5. The van der Waals surface area contributed by atoms with Gasteiger partial charge in [-0.25, -0.2) is 9.59 Å². The lowest BCUT2D eigenvalue weighted by atomic mass is 9.98. The third-order valence-electron chi connectivity index (χ3n) is 5.96. The molecule has 0 spiro atoms. The van der Waals surface area contributed by atoms with Crippen molar-refractivity contribution in [1.82, 2.24) is 4.90 Å². The van der Waals surface area contributed by atoms with E-state index in [1.165, 1.54) is 18.9 Å². The molecule has 1 fully saturated rings. The zero-order valence-electron chi connectivity index (χ0n) is 15.9. The molecule has 146 valence electrons. The van der Waals surface area contributed by atoms with E-state index in [4.69, 9.17) is 9.47 Å². The van der Waals surface area contributed by atoms with Gasteiger partial charge in [-0.2, -0.15) is 0 Å². The molecule has 0 unspecified atom stereocenters. The molecule has 6 nitrogen and oxygen atoms in total. The average molecular weight is 381 g/mol. The fraction of sp³-hybridized carbons (Fsp3) is 0.364. The van der Waals surface area contributed by atoms with Crippen molar-refractivity contribution in [2.24, 2.45) is 0 Å². The van der Waals surface area contributed by atoms with Gasteiger partial charge < -0.3 is 14.6 Å². The van der Waals surface area contributed by atoms with Crippen LogP contribution in [0.5, 0.6) is 0 Å². The third-order valence-corrected chi connectivity index (χ3v) is 5.96. The van der Waals surface area contributed by atoms with Crippen LogP contribution in [-0.4, -0.2) is 54.0 Å². The van der Waals surface area contributed by atoms with Crippen molar-refractivity contribution in [2.75, 3.05) is 20.3 Å². The molecule has 2 aromatic carbocycles. The number of amides is 1. The summed E-state index contributed by atoms with van der Waals surface area (Å²) >= 11 is 0. The lowest BCUT2D eigenvalue weighted by Gasteiger charge is -2.30. The van der Waals surface area contributed by atoms with Crippen LogP contribution in [0.2, 0.25) is 0 Å². The van der Waals surface area contributed by atoms with Crippen molar-refractivity contribution in [3.8, 4) is 11.1 Å². The number of hydrogen-bond donors (Lipinski definition) is 1. The second kappa shape index (κ2) is 6.95. The molecule has 2 aromatic rings. The van der Waals surface area contributed by atoms with E-state index in [1.807, 2.05) is 36.4 Å².